The first-order valence-corrected chi connectivity index (χ1v) is 7.94. The van der Waals surface area contributed by atoms with Crippen molar-refractivity contribution >= 4 is 21.8 Å². The van der Waals surface area contributed by atoms with Crippen molar-refractivity contribution in [3.8, 4) is 5.75 Å². The van der Waals surface area contributed by atoms with Crippen LogP contribution in [-0.4, -0.2) is 31.0 Å². The van der Waals surface area contributed by atoms with Gasteiger partial charge in [-0.1, -0.05) is 32.4 Å². The van der Waals surface area contributed by atoms with Crippen LogP contribution in [0.4, 0.5) is 0 Å². The average molecular weight is 352 g/mol. The largest absolute Gasteiger partial charge is 0.497 e. The maximum atomic E-state index is 12.7. The van der Waals surface area contributed by atoms with E-state index in [0.29, 0.717) is 17.9 Å². The third-order valence-electron chi connectivity index (χ3n) is 3.86. The summed E-state index contributed by atoms with van der Waals surface area (Å²) in [6.07, 6.45) is 3.13. The fourth-order valence-corrected chi connectivity index (χ4v) is 2.92. The normalized spacial score (nSPS) is 15.7. The summed E-state index contributed by atoms with van der Waals surface area (Å²) in [7, 11) is 1.61. The highest BCUT2D eigenvalue weighted by Crippen LogP contribution is 2.31. The van der Waals surface area contributed by atoms with Gasteiger partial charge >= 0.3 is 0 Å². The second-order valence-corrected chi connectivity index (χ2v) is 7.18. The summed E-state index contributed by atoms with van der Waals surface area (Å²) >= 11 is 3.45. The van der Waals surface area contributed by atoms with Crippen LogP contribution in [0.3, 0.4) is 0 Å². The average Bonchev–Trinajstić information content (AvgIpc) is 2.46. The van der Waals surface area contributed by atoms with Crippen molar-refractivity contribution in [3.05, 3.63) is 39.9 Å². The van der Waals surface area contributed by atoms with E-state index in [-0.39, 0.29) is 11.3 Å². The highest BCUT2D eigenvalue weighted by atomic mass is 79.9. The number of hydrogen-bond acceptors (Lipinski definition) is 2. The number of benzene rings is 1. The quantitative estimate of drug-likeness (QED) is 0.744. The van der Waals surface area contributed by atoms with Crippen molar-refractivity contribution in [1.82, 2.24) is 4.90 Å². The van der Waals surface area contributed by atoms with E-state index >= 15 is 0 Å². The van der Waals surface area contributed by atoms with Crippen LogP contribution in [-0.2, 0) is 0 Å². The molecule has 0 N–H and O–H groups in total. The van der Waals surface area contributed by atoms with Crippen molar-refractivity contribution in [2.75, 3.05) is 20.2 Å². The molecule has 1 heterocycles. The summed E-state index contributed by atoms with van der Waals surface area (Å²) in [5, 5.41) is 0. The molecule has 114 valence electrons. The third kappa shape index (κ3) is 3.67. The molecule has 1 aromatic carbocycles. The first kappa shape index (κ1) is 16.1. The third-order valence-corrected chi connectivity index (χ3v) is 4.56. The molecule has 21 heavy (non-hydrogen) atoms. The molecule has 0 saturated carbocycles. The molecule has 2 rings (SSSR count). The van der Waals surface area contributed by atoms with Crippen molar-refractivity contribution in [2.45, 2.75) is 27.2 Å². The van der Waals surface area contributed by atoms with Gasteiger partial charge in [-0.05, 0) is 46.0 Å². The predicted octanol–water partition coefficient (Wildman–Crippen LogP) is 4.28. The van der Waals surface area contributed by atoms with E-state index in [9.17, 15) is 4.79 Å². The molecule has 1 aromatic rings. The van der Waals surface area contributed by atoms with Crippen molar-refractivity contribution < 1.29 is 9.53 Å². The molecule has 3 nitrogen and oxygen atoms in total. The molecule has 1 amide bonds. The van der Waals surface area contributed by atoms with E-state index in [2.05, 4.69) is 42.8 Å². The standard InChI is InChI=1S/C17H22BrNO2/c1-17(2,3)12-7-9-19(10-8-12)16(20)14-11-13(21-4)5-6-15(14)18/h5-7,11H,8-10H2,1-4H3. The van der Waals surface area contributed by atoms with Gasteiger partial charge in [-0.3, -0.25) is 4.79 Å². The molecule has 0 aromatic heterocycles. The fourth-order valence-electron chi connectivity index (χ4n) is 2.50. The Balaban J connectivity index is 2.18. The fraction of sp³-hybridized carbons (Fsp3) is 0.471. The molecule has 1 aliphatic rings. The van der Waals surface area contributed by atoms with Crippen LogP contribution in [0.15, 0.2) is 34.3 Å². The number of ether oxygens (including phenoxy) is 1. The Bertz CT molecular complexity index is 573. The summed E-state index contributed by atoms with van der Waals surface area (Å²) in [6, 6.07) is 5.48. The van der Waals surface area contributed by atoms with Gasteiger partial charge in [-0.25, -0.2) is 0 Å². The van der Waals surface area contributed by atoms with Gasteiger partial charge in [0.05, 0.1) is 12.7 Å². The lowest BCUT2D eigenvalue weighted by Crippen LogP contribution is -2.36. The Hall–Kier alpha value is -1.29. The Morgan fingerprint density at radius 3 is 2.57 bits per heavy atom. The number of halogens is 1. The second-order valence-electron chi connectivity index (χ2n) is 6.33. The van der Waals surface area contributed by atoms with Crippen LogP contribution in [0.5, 0.6) is 5.75 Å². The monoisotopic (exact) mass is 351 g/mol. The van der Waals surface area contributed by atoms with E-state index in [1.54, 1.807) is 13.2 Å². The van der Waals surface area contributed by atoms with E-state index < -0.39 is 0 Å². The van der Waals surface area contributed by atoms with Crippen LogP contribution >= 0.6 is 15.9 Å². The minimum absolute atomic E-state index is 0.0463. The zero-order valence-electron chi connectivity index (χ0n) is 13.1. The first-order chi connectivity index (χ1) is 9.82. The van der Waals surface area contributed by atoms with Crippen LogP contribution in [0, 0.1) is 5.41 Å². The lowest BCUT2D eigenvalue weighted by Gasteiger charge is -2.32. The van der Waals surface area contributed by atoms with E-state index in [1.807, 2.05) is 17.0 Å². The predicted molar refractivity (Wildman–Crippen MR) is 88.8 cm³/mol. The molecule has 0 unspecified atom stereocenters. The zero-order chi connectivity index (χ0) is 15.6. The maximum absolute atomic E-state index is 12.7. The molecule has 0 spiro atoms. The van der Waals surface area contributed by atoms with Crippen molar-refractivity contribution in [2.24, 2.45) is 5.41 Å². The van der Waals surface area contributed by atoms with Crippen molar-refractivity contribution in [1.29, 1.82) is 0 Å². The van der Waals surface area contributed by atoms with E-state index in [4.69, 9.17) is 4.74 Å². The van der Waals surface area contributed by atoms with Crippen LogP contribution in [0.2, 0.25) is 0 Å². The lowest BCUT2D eigenvalue weighted by molar-refractivity contribution is 0.0763. The lowest BCUT2D eigenvalue weighted by atomic mass is 9.83. The summed E-state index contributed by atoms with van der Waals surface area (Å²) in [6.45, 7) is 8.10. The molecule has 0 atom stereocenters. The van der Waals surface area contributed by atoms with Gasteiger partial charge in [0.2, 0.25) is 0 Å². The SMILES string of the molecule is COc1ccc(Br)c(C(=O)N2CC=C(C(C)(C)C)CC2)c1. The summed E-state index contributed by atoms with van der Waals surface area (Å²) in [4.78, 5) is 14.5. The number of carbonyl (C=O) groups is 1. The molecule has 0 aliphatic carbocycles. The summed E-state index contributed by atoms with van der Waals surface area (Å²) in [5.41, 5.74) is 2.27. The van der Waals surface area contributed by atoms with Gasteiger partial charge < -0.3 is 9.64 Å². The van der Waals surface area contributed by atoms with Gasteiger partial charge in [-0.2, -0.15) is 0 Å². The number of rotatable bonds is 2. The number of methoxy groups -OCH3 is 1. The number of amides is 1. The van der Waals surface area contributed by atoms with Gasteiger partial charge in [-0.15, -0.1) is 0 Å². The number of hydrogen-bond donors (Lipinski definition) is 0. The zero-order valence-corrected chi connectivity index (χ0v) is 14.7. The number of nitrogens with zero attached hydrogens (tertiary/aromatic N) is 1. The molecular weight excluding hydrogens is 330 g/mol. The topological polar surface area (TPSA) is 29.5 Å². The van der Waals surface area contributed by atoms with Crippen molar-refractivity contribution in [3.63, 3.8) is 0 Å². The van der Waals surface area contributed by atoms with Gasteiger partial charge in [0.25, 0.3) is 5.91 Å². The van der Waals surface area contributed by atoms with E-state index in [1.165, 1.54) is 5.57 Å². The molecule has 0 fully saturated rings. The Morgan fingerprint density at radius 2 is 2.05 bits per heavy atom. The summed E-state index contributed by atoms with van der Waals surface area (Å²) in [5.74, 6) is 0.745. The smallest absolute Gasteiger partial charge is 0.255 e. The van der Waals surface area contributed by atoms with Gasteiger partial charge in [0, 0.05) is 17.6 Å². The molecule has 0 radical (unpaired) electrons. The first-order valence-electron chi connectivity index (χ1n) is 7.15. The Labute approximate surface area is 135 Å². The highest BCUT2D eigenvalue weighted by Gasteiger charge is 2.25. The minimum Gasteiger partial charge on any atom is -0.497 e. The van der Waals surface area contributed by atoms with E-state index in [0.717, 1.165) is 17.4 Å². The number of carbonyl (C=O) groups excluding carboxylic acids is 1. The maximum Gasteiger partial charge on any atom is 0.255 e. The van der Waals surface area contributed by atoms with Crippen LogP contribution < -0.4 is 4.74 Å². The Morgan fingerprint density at radius 1 is 1.33 bits per heavy atom. The molecule has 4 heteroatoms. The Kier molecular flexibility index (Phi) is 4.77. The van der Waals surface area contributed by atoms with Gasteiger partial charge in [0.15, 0.2) is 0 Å². The second kappa shape index (κ2) is 6.22. The molecular formula is C17H22BrNO2. The van der Waals surface area contributed by atoms with Crippen LogP contribution in [0.25, 0.3) is 0 Å². The molecule has 0 saturated heterocycles. The minimum atomic E-state index is 0.0463. The summed E-state index contributed by atoms with van der Waals surface area (Å²) < 4.78 is 6.01. The van der Waals surface area contributed by atoms with Crippen LogP contribution in [0.1, 0.15) is 37.6 Å². The molecule has 0 bridgehead atoms. The molecule has 1 aliphatic heterocycles. The van der Waals surface area contributed by atoms with Gasteiger partial charge in [0.1, 0.15) is 5.75 Å². The highest BCUT2D eigenvalue weighted by molar-refractivity contribution is 9.10.